The van der Waals surface area contributed by atoms with Crippen LogP contribution in [0.3, 0.4) is 0 Å². The van der Waals surface area contributed by atoms with Crippen LogP contribution < -0.4 is 15.4 Å². The molecule has 1 aromatic carbocycles. The highest BCUT2D eigenvalue weighted by atomic mass is 16.5. The quantitative estimate of drug-likeness (QED) is 0.750. The van der Waals surface area contributed by atoms with Gasteiger partial charge in [-0.2, -0.15) is 0 Å². The first-order valence-corrected chi connectivity index (χ1v) is 8.58. The maximum absolute atomic E-state index is 12.5. The standard InChI is InChI=1S/C18H24N2O4/c1-2-23-14-7-5-13(6-8-14)20-17(22)18(9-10-18)16(21)19-12-15-4-3-11-24-15/h5-8,15H,2-4,9-12H2,1H3,(H,19,21)(H,20,22). The molecule has 1 heterocycles. The van der Waals surface area contributed by atoms with E-state index in [2.05, 4.69) is 10.6 Å². The van der Waals surface area contributed by atoms with Crippen molar-refractivity contribution in [3.63, 3.8) is 0 Å². The third-order valence-electron chi connectivity index (χ3n) is 4.56. The molecule has 130 valence electrons. The molecule has 1 saturated carbocycles. The molecule has 1 atom stereocenters. The van der Waals surface area contributed by atoms with E-state index < -0.39 is 5.41 Å². The lowest BCUT2D eigenvalue weighted by Gasteiger charge is -2.17. The van der Waals surface area contributed by atoms with E-state index in [1.165, 1.54) is 0 Å². The van der Waals surface area contributed by atoms with Crippen LogP contribution in [0.5, 0.6) is 5.75 Å². The predicted molar refractivity (Wildman–Crippen MR) is 89.9 cm³/mol. The van der Waals surface area contributed by atoms with E-state index in [1.54, 1.807) is 24.3 Å². The van der Waals surface area contributed by atoms with Gasteiger partial charge >= 0.3 is 0 Å². The Morgan fingerprint density at radius 1 is 1.25 bits per heavy atom. The van der Waals surface area contributed by atoms with Crippen LogP contribution in [0.2, 0.25) is 0 Å². The zero-order valence-electron chi connectivity index (χ0n) is 14.0. The number of rotatable bonds is 7. The molecule has 3 rings (SSSR count). The van der Waals surface area contributed by atoms with Crippen LogP contribution in [0.4, 0.5) is 5.69 Å². The zero-order chi connectivity index (χ0) is 17.0. The summed E-state index contributed by atoms with van der Waals surface area (Å²) < 4.78 is 10.9. The molecule has 0 radical (unpaired) electrons. The minimum Gasteiger partial charge on any atom is -0.494 e. The number of ether oxygens (including phenoxy) is 2. The van der Waals surface area contributed by atoms with E-state index in [0.717, 1.165) is 25.2 Å². The van der Waals surface area contributed by atoms with Gasteiger partial charge in [0.25, 0.3) is 0 Å². The molecular formula is C18H24N2O4. The molecule has 0 aromatic heterocycles. The van der Waals surface area contributed by atoms with Gasteiger partial charge in [-0.25, -0.2) is 0 Å². The maximum atomic E-state index is 12.5. The van der Waals surface area contributed by atoms with E-state index in [9.17, 15) is 9.59 Å². The summed E-state index contributed by atoms with van der Waals surface area (Å²) in [5.41, 5.74) is -0.251. The lowest BCUT2D eigenvalue weighted by molar-refractivity contribution is -0.134. The van der Waals surface area contributed by atoms with Crippen molar-refractivity contribution in [1.82, 2.24) is 5.32 Å². The zero-order valence-corrected chi connectivity index (χ0v) is 14.0. The van der Waals surface area contributed by atoms with Gasteiger partial charge in [0.15, 0.2) is 0 Å². The second-order valence-corrected chi connectivity index (χ2v) is 6.34. The highest BCUT2D eigenvalue weighted by molar-refractivity contribution is 6.13. The number of hydrogen-bond acceptors (Lipinski definition) is 4. The van der Waals surface area contributed by atoms with E-state index >= 15 is 0 Å². The van der Waals surface area contributed by atoms with Crippen LogP contribution in [0.15, 0.2) is 24.3 Å². The number of benzene rings is 1. The van der Waals surface area contributed by atoms with Crippen LogP contribution >= 0.6 is 0 Å². The Hall–Kier alpha value is -2.08. The van der Waals surface area contributed by atoms with Gasteiger partial charge in [0.05, 0.1) is 12.7 Å². The van der Waals surface area contributed by atoms with Crippen LogP contribution in [-0.2, 0) is 14.3 Å². The third kappa shape index (κ3) is 3.70. The first-order valence-electron chi connectivity index (χ1n) is 8.58. The summed E-state index contributed by atoms with van der Waals surface area (Å²) in [5, 5.41) is 5.71. The molecule has 1 aliphatic carbocycles. The summed E-state index contributed by atoms with van der Waals surface area (Å²) in [4.78, 5) is 24.9. The molecule has 6 heteroatoms. The van der Waals surface area contributed by atoms with Crippen LogP contribution in [0.25, 0.3) is 0 Å². The molecule has 24 heavy (non-hydrogen) atoms. The monoisotopic (exact) mass is 332 g/mol. The molecule has 1 saturated heterocycles. The molecule has 0 spiro atoms. The number of nitrogens with one attached hydrogen (secondary N) is 2. The van der Waals surface area contributed by atoms with E-state index in [-0.39, 0.29) is 17.9 Å². The van der Waals surface area contributed by atoms with Gasteiger partial charge in [-0.1, -0.05) is 0 Å². The smallest absolute Gasteiger partial charge is 0.240 e. The molecule has 2 fully saturated rings. The molecule has 6 nitrogen and oxygen atoms in total. The van der Waals surface area contributed by atoms with Gasteiger partial charge in [0.1, 0.15) is 11.2 Å². The summed E-state index contributed by atoms with van der Waals surface area (Å²) in [7, 11) is 0. The van der Waals surface area contributed by atoms with Gasteiger partial charge in [0, 0.05) is 18.8 Å². The fourth-order valence-electron chi connectivity index (χ4n) is 2.92. The largest absolute Gasteiger partial charge is 0.494 e. The van der Waals surface area contributed by atoms with Gasteiger partial charge in [-0.15, -0.1) is 0 Å². The average Bonchev–Trinajstić information content (AvgIpc) is 3.24. The van der Waals surface area contributed by atoms with Crippen LogP contribution in [-0.4, -0.2) is 37.7 Å². The number of anilines is 1. The molecule has 2 amide bonds. The van der Waals surface area contributed by atoms with Gasteiger partial charge in [-0.3, -0.25) is 9.59 Å². The Kier molecular flexibility index (Phi) is 5.04. The van der Waals surface area contributed by atoms with Gasteiger partial charge in [0.2, 0.25) is 11.8 Å². The third-order valence-corrected chi connectivity index (χ3v) is 4.56. The minimum atomic E-state index is -0.919. The summed E-state index contributed by atoms with van der Waals surface area (Å²) in [6, 6.07) is 7.17. The number of carbonyl (C=O) groups is 2. The Balaban J connectivity index is 1.54. The SMILES string of the molecule is CCOc1ccc(NC(=O)C2(C(=O)NCC3CCCO3)CC2)cc1. The highest BCUT2D eigenvalue weighted by Gasteiger charge is 2.56. The van der Waals surface area contributed by atoms with E-state index in [1.807, 2.05) is 6.92 Å². The summed E-state index contributed by atoms with van der Waals surface area (Å²) in [6.45, 7) is 3.75. The first-order chi connectivity index (χ1) is 11.6. The second kappa shape index (κ2) is 7.21. The Labute approximate surface area is 141 Å². The van der Waals surface area contributed by atoms with Crippen molar-refractivity contribution < 1.29 is 19.1 Å². The second-order valence-electron chi connectivity index (χ2n) is 6.34. The van der Waals surface area contributed by atoms with Crippen molar-refractivity contribution in [2.45, 2.75) is 38.7 Å². The Morgan fingerprint density at radius 3 is 2.58 bits per heavy atom. The van der Waals surface area contributed by atoms with Crippen molar-refractivity contribution >= 4 is 17.5 Å². The summed E-state index contributed by atoms with van der Waals surface area (Å²) in [6.07, 6.45) is 3.26. The van der Waals surface area contributed by atoms with Crippen molar-refractivity contribution in [2.75, 3.05) is 25.1 Å². The Bertz CT molecular complexity index is 590. The molecule has 1 unspecified atom stereocenters. The molecule has 1 aromatic rings. The van der Waals surface area contributed by atoms with Crippen molar-refractivity contribution in [2.24, 2.45) is 5.41 Å². The van der Waals surface area contributed by atoms with Crippen molar-refractivity contribution in [3.05, 3.63) is 24.3 Å². The van der Waals surface area contributed by atoms with E-state index in [0.29, 0.717) is 31.7 Å². The molecular weight excluding hydrogens is 308 g/mol. The fraction of sp³-hybridized carbons (Fsp3) is 0.556. The lowest BCUT2D eigenvalue weighted by Crippen LogP contribution is -2.42. The minimum absolute atomic E-state index is 0.0823. The molecule has 1 aliphatic heterocycles. The maximum Gasteiger partial charge on any atom is 0.240 e. The average molecular weight is 332 g/mol. The normalized spacial score (nSPS) is 21.1. The predicted octanol–water partition coefficient (Wildman–Crippen LogP) is 2.10. The Morgan fingerprint density at radius 2 is 2.00 bits per heavy atom. The number of amides is 2. The topological polar surface area (TPSA) is 76.7 Å². The lowest BCUT2D eigenvalue weighted by atomic mass is 10.0. The molecule has 0 bridgehead atoms. The van der Waals surface area contributed by atoms with Crippen LogP contribution in [0, 0.1) is 5.41 Å². The number of carbonyl (C=O) groups excluding carboxylic acids is 2. The van der Waals surface area contributed by atoms with Crippen molar-refractivity contribution in [3.8, 4) is 5.75 Å². The number of hydrogen-bond donors (Lipinski definition) is 2. The molecule has 2 N–H and O–H groups in total. The van der Waals surface area contributed by atoms with E-state index in [4.69, 9.17) is 9.47 Å². The van der Waals surface area contributed by atoms with Gasteiger partial charge in [-0.05, 0) is 56.9 Å². The van der Waals surface area contributed by atoms with Crippen molar-refractivity contribution in [1.29, 1.82) is 0 Å². The summed E-state index contributed by atoms with van der Waals surface area (Å²) in [5.74, 6) is 0.323. The first kappa shape index (κ1) is 16.8. The van der Waals surface area contributed by atoms with Gasteiger partial charge < -0.3 is 20.1 Å². The summed E-state index contributed by atoms with van der Waals surface area (Å²) >= 11 is 0. The fourth-order valence-corrected chi connectivity index (χ4v) is 2.92. The molecule has 2 aliphatic rings. The van der Waals surface area contributed by atoms with Crippen LogP contribution in [0.1, 0.15) is 32.6 Å². The highest BCUT2D eigenvalue weighted by Crippen LogP contribution is 2.46.